The number of aliphatic hydroxyl groups excluding tert-OH is 2. The number of rotatable bonds is 2. The first-order valence-electron chi connectivity index (χ1n) is 3.79. The van der Waals surface area contributed by atoms with Crippen molar-refractivity contribution in [2.45, 2.75) is 19.5 Å². The molecule has 0 aromatic carbocycles. The van der Waals surface area contributed by atoms with Crippen LogP contribution in [0.1, 0.15) is 6.92 Å². The lowest BCUT2D eigenvalue weighted by molar-refractivity contribution is -0.141. The number of carboxylic acids is 1. The maximum atomic E-state index is 10.3. The molecule has 0 spiro atoms. The summed E-state index contributed by atoms with van der Waals surface area (Å²) in [6.45, 7) is 1.33. The van der Waals surface area contributed by atoms with Crippen molar-refractivity contribution in [3.05, 3.63) is 11.8 Å². The lowest BCUT2D eigenvalue weighted by Crippen LogP contribution is -2.53. The molecule has 0 aromatic rings. The minimum atomic E-state index is -1.16. The second-order valence-electron chi connectivity index (χ2n) is 2.88. The van der Waals surface area contributed by atoms with E-state index in [1.165, 1.54) is 11.1 Å². The zero-order valence-corrected chi connectivity index (χ0v) is 7.14. The molecule has 0 aromatic heterocycles. The van der Waals surface area contributed by atoms with Crippen LogP contribution >= 0.6 is 0 Å². The van der Waals surface area contributed by atoms with Crippen LogP contribution in [0.2, 0.25) is 0 Å². The third kappa shape index (κ3) is 2.41. The first-order valence-corrected chi connectivity index (χ1v) is 3.79. The molecular formula is C7H12N2O4. The zero-order valence-electron chi connectivity index (χ0n) is 7.14. The van der Waals surface area contributed by atoms with Crippen molar-refractivity contribution in [3.63, 3.8) is 0 Å². The Hall–Kier alpha value is -1.11. The molecule has 1 aliphatic heterocycles. The third-order valence-corrected chi connectivity index (χ3v) is 1.74. The van der Waals surface area contributed by atoms with Crippen LogP contribution in [0.15, 0.2) is 11.8 Å². The monoisotopic (exact) mass is 188 g/mol. The number of hydrogen-bond acceptors (Lipinski definition) is 5. The van der Waals surface area contributed by atoms with Gasteiger partial charge in [0.1, 0.15) is 12.8 Å². The number of carboxylic acid groups (broad SMARTS) is 1. The summed E-state index contributed by atoms with van der Waals surface area (Å²) in [7, 11) is 0. The average Bonchev–Trinajstić information content (AvgIpc) is 1.99. The van der Waals surface area contributed by atoms with E-state index in [1.807, 2.05) is 0 Å². The highest BCUT2D eigenvalue weighted by atomic mass is 16.4. The van der Waals surface area contributed by atoms with Crippen LogP contribution in [0.5, 0.6) is 0 Å². The Morgan fingerprint density at radius 1 is 1.69 bits per heavy atom. The molecule has 13 heavy (non-hydrogen) atoms. The van der Waals surface area contributed by atoms with E-state index in [2.05, 4.69) is 5.32 Å². The minimum absolute atomic E-state index is 0.307. The molecule has 0 radical (unpaired) electrons. The molecule has 6 heteroatoms. The molecule has 1 aliphatic rings. The fraction of sp³-hybridized carbons (Fsp3) is 0.571. The van der Waals surface area contributed by atoms with Crippen LogP contribution in [0.25, 0.3) is 0 Å². The fourth-order valence-corrected chi connectivity index (χ4v) is 1.06. The van der Waals surface area contributed by atoms with Gasteiger partial charge in [0.15, 0.2) is 6.35 Å². The highest BCUT2D eigenvalue weighted by Crippen LogP contribution is 2.10. The summed E-state index contributed by atoms with van der Waals surface area (Å²) in [6.07, 6.45) is -0.658. The summed E-state index contributed by atoms with van der Waals surface area (Å²) in [5.74, 6) is -1.04. The Balaban J connectivity index is 2.69. The van der Waals surface area contributed by atoms with Gasteiger partial charge in [0.25, 0.3) is 0 Å². The molecule has 2 unspecified atom stereocenters. The molecule has 0 bridgehead atoms. The molecule has 0 amide bonds. The highest BCUT2D eigenvalue weighted by Gasteiger charge is 2.24. The van der Waals surface area contributed by atoms with E-state index in [0.717, 1.165) is 0 Å². The summed E-state index contributed by atoms with van der Waals surface area (Å²) in [5.41, 5.74) is 0.562. The average molecular weight is 188 g/mol. The van der Waals surface area contributed by atoms with E-state index in [-0.39, 0.29) is 6.54 Å². The number of carbonyl (C=O) groups is 1. The van der Waals surface area contributed by atoms with Gasteiger partial charge in [-0.3, -0.25) is 4.79 Å². The van der Waals surface area contributed by atoms with Crippen molar-refractivity contribution in [1.29, 1.82) is 0 Å². The summed E-state index contributed by atoms with van der Waals surface area (Å²) in [4.78, 5) is 11.5. The Bertz CT molecular complexity index is 241. The number of hydrogen-bond donors (Lipinski definition) is 4. The molecule has 74 valence electrons. The summed E-state index contributed by atoms with van der Waals surface area (Å²) >= 11 is 0. The van der Waals surface area contributed by atoms with Crippen molar-refractivity contribution in [2.24, 2.45) is 0 Å². The fourth-order valence-electron chi connectivity index (χ4n) is 1.06. The number of aliphatic carboxylic acids is 1. The Morgan fingerprint density at radius 2 is 2.31 bits per heavy atom. The Labute approximate surface area is 75.1 Å². The van der Waals surface area contributed by atoms with Gasteiger partial charge in [0.05, 0.1) is 0 Å². The Morgan fingerprint density at radius 3 is 2.85 bits per heavy atom. The standard InChI is InChI=1S/C7H12N2O4/c1-4-2-9(3-5(10)11)7(13)8-6(4)12/h2,6-8,12-13H,3H2,1H3,(H,10,11). The lowest BCUT2D eigenvalue weighted by Gasteiger charge is -2.33. The predicted octanol–water partition coefficient (Wildman–Crippen LogP) is -1.53. The largest absolute Gasteiger partial charge is 0.480 e. The predicted molar refractivity (Wildman–Crippen MR) is 43.2 cm³/mol. The normalized spacial score (nSPS) is 28.5. The Kier molecular flexibility index (Phi) is 2.86. The molecule has 0 fully saturated rings. The number of nitrogens with one attached hydrogen (secondary N) is 1. The zero-order chi connectivity index (χ0) is 10.0. The van der Waals surface area contributed by atoms with Crippen LogP contribution in [-0.4, -0.2) is 45.3 Å². The number of aliphatic hydroxyl groups is 2. The van der Waals surface area contributed by atoms with Crippen LogP contribution in [0.3, 0.4) is 0 Å². The van der Waals surface area contributed by atoms with E-state index in [9.17, 15) is 15.0 Å². The van der Waals surface area contributed by atoms with Crippen molar-refractivity contribution in [1.82, 2.24) is 10.2 Å². The summed E-state index contributed by atoms with van der Waals surface area (Å²) in [5, 5.41) is 29.3. The quantitative estimate of drug-likeness (QED) is 0.420. The molecule has 4 N–H and O–H groups in total. The first-order chi connectivity index (χ1) is 6.00. The van der Waals surface area contributed by atoms with Crippen molar-refractivity contribution in [3.8, 4) is 0 Å². The van der Waals surface area contributed by atoms with Crippen LogP contribution < -0.4 is 5.32 Å². The maximum absolute atomic E-state index is 10.3. The molecular weight excluding hydrogens is 176 g/mol. The van der Waals surface area contributed by atoms with E-state index < -0.39 is 18.5 Å². The van der Waals surface area contributed by atoms with E-state index in [0.29, 0.717) is 5.57 Å². The molecule has 0 saturated heterocycles. The van der Waals surface area contributed by atoms with Gasteiger partial charge < -0.3 is 20.2 Å². The van der Waals surface area contributed by atoms with Crippen LogP contribution in [0.4, 0.5) is 0 Å². The van der Waals surface area contributed by atoms with Crippen LogP contribution in [0, 0.1) is 0 Å². The maximum Gasteiger partial charge on any atom is 0.323 e. The van der Waals surface area contributed by atoms with Gasteiger partial charge >= 0.3 is 5.97 Å². The van der Waals surface area contributed by atoms with Crippen molar-refractivity contribution < 1.29 is 20.1 Å². The van der Waals surface area contributed by atoms with Crippen LogP contribution in [-0.2, 0) is 4.79 Å². The molecule has 0 saturated carbocycles. The molecule has 2 atom stereocenters. The molecule has 0 aliphatic carbocycles. The minimum Gasteiger partial charge on any atom is -0.480 e. The molecule has 1 rings (SSSR count). The highest BCUT2D eigenvalue weighted by molar-refractivity contribution is 5.69. The second kappa shape index (κ2) is 3.73. The van der Waals surface area contributed by atoms with Gasteiger partial charge in [0, 0.05) is 6.20 Å². The first kappa shape index (κ1) is 9.97. The molecule has 6 nitrogen and oxygen atoms in total. The van der Waals surface area contributed by atoms with Gasteiger partial charge in [-0.05, 0) is 12.5 Å². The summed E-state index contributed by atoms with van der Waals surface area (Å²) in [6, 6.07) is 0. The van der Waals surface area contributed by atoms with E-state index in [1.54, 1.807) is 6.92 Å². The van der Waals surface area contributed by atoms with E-state index >= 15 is 0 Å². The van der Waals surface area contributed by atoms with Crippen molar-refractivity contribution in [2.75, 3.05) is 6.54 Å². The van der Waals surface area contributed by atoms with Gasteiger partial charge in [-0.15, -0.1) is 0 Å². The van der Waals surface area contributed by atoms with Gasteiger partial charge in [-0.2, -0.15) is 0 Å². The summed E-state index contributed by atoms with van der Waals surface area (Å²) < 4.78 is 0. The number of nitrogens with zero attached hydrogens (tertiary/aromatic N) is 1. The second-order valence-corrected chi connectivity index (χ2v) is 2.88. The van der Waals surface area contributed by atoms with Gasteiger partial charge in [-0.25, -0.2) is 5.32 Å². The topological polar surface area (TPSA) is 93.0 Å². The lowest BCUT2D eigenvalue weighted by atomic mass is 10.2. The van der Waals surface area contributed by atoms with Gasteiger partial charge in [0.2, 0.25) is 0 Å². The van der Waals surface area contributed by atoms with Gasteiger partial charge in [-0.1, -0.05) is 0 Å². The smallest absolute Gasteiger partial charge is 0.323 e. The third-order valence-electron chi connectivity index (χ3n) is 1.74. The van der Waals surface area contributed by atoms with Crippen molar-refractivity contribution >= 4 is 5.97 Å². The SMILES string of the molecule is CC1=CN(CC(=O)O)C(O)NC1O. The van der Waals surface area contributed by atoms with E-state index in [4.69, 9.17) is 5.11 Å². The molecule has 1 heterocycles.